The number of aliphatic carboxylic acids is 2. The zero-order chi connectivity index (χ0) is 18.2. The summed E-state index contributed by atoms with van der Waals surface area (Å²) in [6.45, 7) is 2.49. The number of benzene rings is 1. The molecule has 1 saturated carbocycles. The highest BCUT2D eigenvalue weighted by molar-refractivity contribution is 6.33. The summed E-state index contributed by atoms with van der Waals surface area (Å²) in [4.78, 5) is 20.9. The molecule has 0 radical (unpaired) electrons. The Morgan fingerprint density at radius 1 is 1.00 bits per heavy atom. The molecule has 1 heterocycles. The summed E-state index contributed by atoms with van der Waals surface area (Å²) >= 11 is 6.20. The van der Waals surface area contributed by atoms with Crippen molar-refractivity contribution in [1.82, 2.24) is 4.90 Å². The van der Waals surface area contributed by atoms with Crippen LogP contribution in [0.4, 0.5) is 5.69 Å². The molecule has 0 bridgehead atoms. The fraction of sp³-hybridized carbons (Fsp3) is 0.556. The molecule has 1 aliphatic heterocycles. The smallest absolute Gasteiger partial charge is 0.414 e. The van der Waals surface area contributed by atoms with E-state index in [0.717, 1.165) is 16.8 Å². The lowest BCUT2D eigenvalue weighted by Gasteiger charge is -2.36. The Labute approximate surface area is 152 Å². The van der Waals surface area contributed by atoms with Gasteiger partial charge in [0.1, 0.15) is 0 Å². The van der Waals surface area contributed by atoms with E-state index in [1.165, 1.54) is 51.6 Å². The maximum Gasteiger partial charge on any atom is 0.414 e. The average molecular weight is 369 g/mol. The third-order valence-corrected chi connectivity index (χ3v) is 5.12. The molecule has 0 unspecified atom stereocenters. The number of likely N-dealkylation sites (tertiary alicyclic amines) is 1. The highest BCUT2D eigenvalue weighted by atomic mass is 35.5. The number of hydrogen-bond acceptors (Lipinski definition) is 4. The number of halogens is 1. The van der Waals surface area contributed by atoms with Crippen LogP contribution in [0.25, 0.3) is 0 Å². The first-order chi connectivity index (χ1) is 12.0. The molecule has 3 N–H and O–H groups in total. The molecule has 0 aromatic heterocycles. The van der Waals surface area contributed by atoms with Gasteiger partial charge in [0, 0.05) is 25.2 Å². The van der Waals surface area contributed by atoms with Gasteiger partial charge in [0.25, 0.3) is 0 Å². The minimum absolute atomic E-state index is 0.581. The molecule has 2 aliphatic rings. The molecule has 0 amide bonds. The van der Waals surface area contributed by atoms with Crippen molar-refractivity contribution in [3.63, 3.8) is 0 Å². The molecule has 7 heteroatoms. The van der Waals surface area contributed by atoms with Gasteiger partial charge >= 0.3 is 11.9 Å². The van der Waals surface area contributed by atoms with Crippen LogP contribution in [0.1, 0.15) is 38.5 Å². The summed E-state index contributed by atoms with van der Waals surface area (Å²) in [7, 11) is 0. The lowest BCUT2D eigenvalue weighted by molar-refractivity contribution is -0.159. The SMILES string of the molecule is Clc1ccccc1NC1CCN(C2CCCC2)CC1.O=C(O)C(=O)O. The number of anilines is 1. The number of piperidine rings is 1. The summed E-state index contributed by atoms with van der Waals surface area (Å²) < 4.78 is 0. The fourth-order valence-corrected chi connectivity index (χ4v) is 3.67. The molecular weight excluding hydrogens is 344 g/mol. The summed E-state index contributed by atoms with van der Waals surface area (Å²) in [5, 5.41) is 19.2. The molecule has 0 spiro atoms. The molecular formula is C18H25ClN2O4. The first-order valence-corrected chi connectivity index (χ1v) is 9.06. The minimum atomic E-state index is -1.82. The highest BCUT2D eigenvalue weighted by Crippen LogP contribution is 2.28. The molecule has 6 nitrogen and oxygen atoms in total. The van der Waals surface area contributed by atoms with E-state index < -0.39 is 11.9 Å². The van der Waals surface area contributed by atoms with Crippen molar-refractivity contribution in [2.24, 2.45) is 0 Å². The van der Waals surface area contributed by atoms with Crippen molar-refractivity contribution in [2.75, 3.05) is 18.4 Å². The lowest BCUT2D eigenvalue weighted by atomic mass is 10.0. The second-order valence-electron chi connectivity index (χ2n) is 6.48. The number of hydrogen-bond donors (Lipinski definition) is 3. The third kappa shape index (κ3) is 6.21. The molecule has 1 aromatic carbocycles. The first-order valence-electron chi connectivity index (χ1n) is 8.68. The summed E-state index contributed by atoms with van der Waals surface area (Å²) in [6, 6.07) is 9.51. The molecule has 1 aromatic rings. The predicted octanol–water partition coefficient (Wildman–Crippen LogP) is 3.31. The molecule has 1 aliphatic carbocycles. The van der Waals surface area contributed by atoms with E-state index in [9.17, 15) is 0 Å². The van der Waals surface area contributed by atoms with Crippen LogP contribution in [0.2, 0.25) is 5.02 Å². The average Bonchev–Trinajstić information content (AvgIpc) is 3.13. The van der Waals surface area contributed by atoms with Crippen LogP contribution in [0, 0.1) is 0 Å². The second kappa shape index (κ2) is 9.63. The second-order valence-corrected chi connectivity index (χ2v) is 6.89. The van der Waals surface area contributed by atoms with Gasteiger partial charge in [0.2, 0.25) is 0 Å². The topological polar surface area (TPSA) is 89.9 Å². The van der Waals surface area contributed by atoms with E-state index in [1.54, 1.807) is 0 Å². The number of nitrogens with zero attached hydrogens (tertiary/aromatic N) is 1. The Morgan fingerprint density at radius 3 is 2.08 bits per heavy atom. The lowest BCUT2D eigenvalue weighted by Crippen LogP contribution is -2.43. The maximum absolute atomic E-state index is 9.10. The summed E-state index contributed by atoms with van der Waals surface area (Å²) in [6.07, 6.45) is 8.18. The Morgan fingerprint density at radius 2 is 1.56 bits per heavy atom. The zero-order valence-electron chi connectivity index (χ0n) is 14.2. The number of rotatable bonds is 3. The molecule has 2 fully saturated rings. The third-order valence-electron chi connectivity index (χ3n) is 4.79. The van der Waals surface area contributed by atoms with E-state index in [2.05, 4.69) is 16.3 Å². The van der Waals surface area contributed by atoms with Gasteiger partial charge in [0.15, 0.2) is 0 Å². The standard InChI is InChI=1S/C16H23ClN2.C2H2O4/c17-15-7-3-4-8-16(15)18-13-9-11-19(12-10-13)14-5-1-2-6-14;3-1(4)2(5)6/h3-4,7-8,13-14,18H,1-2,5-6,9-12H2;(H,3,4)(H,5,6). The van der Waals surface area contributed by atoms with Crippen molar-refractivity contribution < 1.29 is 19.8 Å². The van der Waals surface area contributed by atoms with Gasteiger partial charge in [-0.1, -0.05) is 36.6 Å². The van der Waals surface area contributed by atoms with Crippen LogP contribution in [-0.4, -0.2) is 52.2 Å². The molecule has 3 rings (SSSR count). The summed E-state index contributed by atoms with van der Waals surface area (Å²) in [5.41, 5.74) is 1.09. The van der Waals surface area contributed by atoms with E-state index in [4.69, 9.17) is 31.4 Å². The van der Waals surface area contributed by atoms with E-state index in [-0.39, 0.29) is 0 Å². The Bertz CT molecular complexity index is 570. The number of nitrogens with one attached hydrogen (secondary N) is 1. The Balaban J connectivity index is 0.000000326. The van der Waals surface area contributed by atoms with Gasteiger partial charge in [-0.15, -0.1) is 0 Å². The molecule has 25 heavy (non-hydrogen) atoms. The number of carboxylic acids is 2. The molecule has 1 saturated heterocycles. The van der Waals surface area contributed by atoms with Crippen molar-refractivity contribution in [1.29, 1.82) is 0 Å². The van der Waals surface area contributed by atoms with Crippen molar-refractivity contribution in [2.45, 2.75) is 50.6 Å². The maximum atomic E-state index is 9.10. The Kier molecular flexibility index (Phi) is 7.52. The van der Waals surface area contributed by atoms with Crippen molar-refractivity contribution >= 4 is 29.2 Å². The monoisotopic (exact) mass is 368 g/mol. The largest absolute Gasteiger partial charge is 0.473 e. The zero-order valence-corrected chi connectivity index (χ0v) is 14.9. The van der Waals surface area contributed by atoms with Crippen LogP contribution in [-0.2, 0) is 9.59 Å². The Hall–Kier alpha value is -1.79. The van der Waals surface area contributed by atoms with Gasteiger partial charge < -0.3 is 20.4 Å². The first kappa shape index (κ1) is 19.5. The summed E-state index contributed by atoms with van der Waals surface area (Å²) in [5.74, 6) is -3.65. The van der Waals surface area contributed by atoms with Gasteiger partial charge in [-0.05, 0) is 37.8 Å². The van der Waals surface area contributed by atoms with Crippen molar-refractivity contribution in [3.05, 3.63) is 29.3 Å². The number of carboxylic acid groups (broad SMARTS) is 2. The van der Waals surface area contributed by atoms with E-state index in [0.29, 0.717) is 6.04 Å². The van der Waals surface area contributed by atoms with Gasteiger partial charge in [-0.2, -0.15) is 0 Å². The number of carbonyl (C=O) groups is 2. The molecule has 138 valence electrons. The predicted molar refractivity (Wildman–Crippen MR) is 97.2 cm³/mol. The van der Waals surface area contributed by atoms with E-state index in [1.807, 2.05) is 18.2 Å². The molecule has 0 atom stereocenters. The quantitative estimate of drug-likeness (QED) is 0.709. The van der Waals surface area contributed by atoms with Crippen LogP contribution < -0.4 is 5.32 Å². The minimum Gasteiger partial charge on any atom is -0.473 e. The van der Waals surface area contributed by atoms with Gasteiger partial charge in [0.05, 0.1) is 10.7 Å². The highest BCUT2D eigenvalue weighted by Gasteiger charge is 2.27. The van der Waals surface area contributed by atoms with Gasteiger partial charge in [-0.25, -0.2) is 9.59 Å². The van der Waals surface area contributed by atoms with E-state index >= 15 is 0 Å². The fourth-order valence-electron chi connectivity index (χ4n) is 3.48. The van der Waals surface area contributed by atoms with Gasteiger partial charge in [-0.3, -0.25) is 0 Å². The van der Waals surface area contributed by atoms with Crippen LogP contribution in [0.15, 0.2) is 24.3 Å². The van der Waals surface area contributed by atoms with Crippen LogP contribution in [0.3, 0.4) is 0 Å². The van der Waals surface area contributed by atoms with Crippen LogP contribution in [0.5, 0.6) is 0 Å². The van der Waals surface area contributed by atoms with Crippen molar-refractivity contribution in [3.8, 4) is 0 Å². The number of para-hydroxylation sites is 1. The normalized spacial score (nSPS) is 19.1. The van der Waals surface area contributed by atoms with Crippen LogP contribution >= 0.6 is 11.6 Å².